The highest BCUT2D eigenvalue weighted by atomic mass is 35.5. The topological polar surface area (TPSA) is 62.4 Å². The number of carbonyl (C=O) groups excluding carboxylic acids is 1. The Labute approximate surface area is 209 Å². The highest BCUT2D eigenvalue weighted by molar-refractivity contribution is 8.00. The summed E-state index contributed by atoms with van der Waals surface area (Å²) in [5.74, 6) is 0.645. The minimum absolute atomic E-state index is 0.0610. The maximum atomic E-state index is 12.8. The predicted molar refractivity (Wildman–Crippen MR) is 144 cm³/mol. The summed E-state index contributed by atoms with van der Waals surface area (Å²) in [5, 5.41) is 10.1. The second kappa shape index (κ2) is 11.9. The van der Waals surface area contributed by atoms with Gasteiger partial charge in [0, 0.05) is 21.3 Å². The Kier molecular flexibility index (Phi) is 9.00. The lowest BCUT2D eigenvalue weighted by Gasteiger charge is -2.16. The second-order valence-electron chi connectivity index (χ2n) is 7.28. The molecule has 8 heteroatoms. The number of rotatable bonds is 8. The first-order valence-electron chi connectivity index (χ1n) is 10.4. The molecule has 0 saturated carbocycles. The summed E-state index contributed by atoms with van der Waals surface area (Å²) in [6, 6.07) is 20.9. The molecule has 1 unspecified atom stereocenters. The standard InChI is InChI=1S/C25H26ClN3O2S2/c1-4-23(24(30)27-18-13-12-16(2)20(26)15-18)33-19-9-7-8-17(14-19)28-25(32)29-21-10-5-6-11-22(21)31-3/h5-15,23H,4H2,1-3H3,(H,27,30)(H2,28,29,32). The van der Waals surface area contributed by atoms with Gasteiger partial charge in [-0.15, -0.1) is 11.8 Å². The van der Waals surface area contributed by atoms with Crippen LogP contribution in [0.3, 0.4) is 0 Å². The number of carbonyl (C=O) groups is 1. The molecule has 0 aromatic heterocycles. The van der Waals surface area contributed by atoms with Crippen LogP contribution in [0.25, 0.3) is 0 Å². The van der Waals surface area contributed by atoms with E-state index >= 15 is 0 Å². The number of anilines is 3. The minimum atomic E-state index is -0.251. The first-order valence-corrected chi connectivity index (χ1v) is 12.1. The largest absolute Gasteiger partial charge is 0.495 e. The molecule has 33 heavy (non-hydrogen) atoms. The van der Waals surface area contributed by atoms with Crippen molar-refractivity contribution in [3.63, 3.8) is 0 Å². The van der Waals surface area contributed by atoms with E-state index in [1.807, 2.05) is 74.5 Å². The Morgan fingerprint density at radius 1 is 1.03 bits per heavy atom. The van der Waals surface area contributed by atoms with Gasteiger partial charge in [-0.1, -0.05) is 42.8 Å². The number of methoxy groups -OCH3 is 1. The fourth-order valence-corrected chi connectivity index (χ4v) is 4.48. The molecule has 0 radical (unpaired) electrons. The zero-order valence-electron chi connectivity index (χ0n) is 18.6. The van der Waals surface area contributed by atoms with Crippen molar-refractivity contribution in [2.45, 2.75) is 30.4 Å². The van der Waals surface area contributed by atoms with Crippen LogP contribution in [-0.2, 0) is 4.79 Å². The molecular formula is C25H26ClN3O2S2. The van der Waals surface area contributed by atoms with Crippen LogP contribution in [0.2, 0.25) is 5.02 Å². The van der Waals surface area contributed by atoms with E-state index in [2.05, 4.69) is 16.0 Å². The lowest BCUT2D eigenvalue weighted by Crippen LogP contribution is -2.24. The highest BCUT2D eigenvalue weighted by Gasteiger charge is 2.18. The van der Waals surface area contributed by atoms with E-state index in [4.69, 9.17) is 28.6 Å². The quantitative estimate of drug-likeness (QED) is 0.229. The van der Waals surface area contributed by atoms with Gasteiger partial charge in [0.1, 0.15) is 5.75 Å². The number of ether oxygens (including phenoxy) is 1. The van der Waals surface area contributed by atoms with Crippen LogP contribution in [0.4, 0.5) is 17.1 Å². The van der Waals surface area contributed by atoms with Crippen molar-refractivity contribution in [3.05, 3.63) is 77.3 Å². The third kappa shape index (κ3) is 7.12. The summed E-state index contributed by atoms with van der Waals surface area (Å²) in [5.41, 5.74) is 3.27. The molecule has 3 aromatic carbocycles. The molecule has 0 bridgehead atoms. The minimum Gasteiger partial charge on any atom is -0.495 e. The monoisotopic (exact) mass is 499 g/mol. The molecule has 0 aliphatic heterocycles. The summed E-state index contributed by atoms with van der Waals surface area (Å²) in [6.45, 7) is 3.92. The predicted octanol–water partition coefficient (Wildman–Crippen LogP) is 6.98. The van der Waals surface area contributed by atoms with E-state index in [-0.39, 0.29) is 11.2 Å². The van der Waals surface area contributed by atoms with E-state index in [9.17, 15) is 4.79 Å². The molecule has 5 nitrogen and oxygen atoms in total. The molecular weight excluding hydrogens is 474 g/mol. The number of halogens is 1. The highest BCUT2D eigenvalue weighted by Crippen LogP contribution is 2.29. The molecule has 172 valence electrons. The molecule has 1 amide bonds. The van der Waals surface area contributed by atoms with Crippen molar-refractivity contribution < 1.29 is 9.53 Å². The van der Waals surface area contributed by atoms with Crippen LogP contribution < -0.4 is 20.7 Å². The number of thiocarbonyl (C=S) groups is 1. The van der Waals surface area contributed by atoms with E-state index in [0.29, 0.717) is 28.0 Å². The molecule has 3 aromatic rings. The summed E-state index contributed by atoms with van der Waals surface area (Å²) < 4.78 is 5.35. The summed E-state index contributed by atoms with van der Waals surface area (Å²) in [6.07, 6.45) is 0.682. The van der Waals surface area contributed by atoms with Crippen molar-refractivity contribution in [1.82, 2.24) is 0 Å². The maximum absolute atomic E-state index is 12.8. The Bertz CT molecular complexity index is 1140. The van der Waals surface area contributed by atoms with E-state index in [0.717, 1.165) is 21.8 Å². The average molecular weight is 500 g/mol. The Hall–Kier alpha value is -2.74. The molecule has 0 saturated heterocycles. The van der Waals surface area contributed by atoms with Gasteiger partial charge in [-0.3, -0.25) is 4.79 Å². The van der Waals surface area contributed by atoms with Crippen molar-refractivity contribution in [1.29, 1.82) is 0 Å². The van der Waals surface area contributed by atoms with Gasteiger partial charge in [0.25, 0.3) is 0 Å². The van der Waals surface area contributed by atoms with Gasteiger partial charge >= 0.3 is 0 Å². The first-order chi connectivity index (χ1) is 15.9. The lowest BCUT2D eigenvalue weighted by atomic mass is 10.2. The fourth-order valence-electron chi connectivity index (χ4n) is 3.06. The molecule has 3 rings (SSSR count). The third-order valence-corrected chi connectivity index (χ3v) is 6.80. The van der Waals surface area contributed by atoms with Gasteiger partial charge in [0.2, 0.25) is 5.91 Å². The van der Waals surface area contributed by atoms with E-state index in [1.54, 1.807) is 13.2 Å². The Balaban J connectivity index is 1.63. The number of benzene rings is 3. The number of amides is 1. The van der Waals surface area contributed by atoms with E-state index in [1.165, 1.54) is 11.8 Å². The van der Waals surface area contributed by atoms with Crippen LogP contribution in [0.5, 0.6) is 5.75 Å². The fraction of sp³-hybridized carbons (Fsp3) is 0.200. The summed E-state index contributed by atoms with van der Waals surface area (Å²) in [7, 11) is 1.62. The average Bonchev–Trinajstić information content (AvgIpc) is 2.80. The van der Waals surface area contributed by atoms with Crippen LogP contribution in [0, 0.1) is 6.92 Å². The SMILES string of the molecule is CCC(Sc1cccc(NC(=S)Nc2ccccc2OC)c1)C(=O)Nc1ccc(C)c(Cl)c1. The maximum Gasteiger partial charge on any atom is 0.237 e. The number of hydrogen-bond donors (Lipinski definition) is 3. The van der Waals surface area contributed by atoms with Crippen molar-refractivity contribution in [2.75, 3.05) is 23.1 Å². The molecule has 0 aliphatic rings. The van der Waals surface area contributed by atoms with Crippen LogP contribution in [0.1, 0.15) is 18.9 Å². The van der Waals surface area contributed by atoms with E-state index < -0.39 is 0 Å². The van der Waals surface area contributed by atoms with Crippen molar-refractivity contribution >= 4 is 63.7 Å². The van der Waals surface area contributed by atoms with Gasteiger partial charge in [0.15, 0.2) is 5.11 Å². The first kappa shape index (κ1) is 24.9. The lowest BCUT2D eigenvalue weighted by molar-refractivity contribution is -0.115. The van der Waals surface area contributed by atoms with Crippen LogP contribution >= 0.6 is 35.6 Å². The van der Waals surface area contributed by atoms with Gasteiger partial charge in [-0.25, -0.2) is 0 Å². The number of aryl methyl sites for hydroxylation is 1. The molecule has 1 atom stereocenters. The Morgan fingerprint density at radius 2 is 1.79 bits per heavy atom. The smallest absolute Gasteiger partial charge is 0.237 e. The number of thioether (sulfide) groups is 1. The summed E-state index contributed by atoms with van der Waals surface area (Å²) >= 11 is 13.1. The zero-order valence-corrected chi connectivity index (χ0v) is 21.0. The third-order valence-electron chi connectivity index (χ3n) is 4.83. The van der Waals surface area contributed by atoms with Crippen LogP contribution in [0.15, 0.2) is 71.6 Å². The normalized spacial score (nSPS) is 11.4. The molecule has 0 heterocycles. The second-order valence-corrected chi connectivity index (χ2v) is 9.37. The molecule has 3 N–H and O–H groups in total. The van der Waals surface area contributed by atoms with Gasteiger partial charge < -0.3 is 20.7 Å². The molecule has 0 spiro atoms. The van der Waals surface area contributed by atoms with Gasteiger partial charge in [-0.05, 0) is 73.6 Å². The Morgan fingerprint density at radius 3 is 2.52 bits per heavy atom. The zero-order chi connectivity index (χ0) is 23.8. The summed E-state index contributed by atoms with van der Waals surface area (Å²) in [4.78, 5) is 13.8. The van der Waals surface area contributed by atoms with Gasteiger partial charge in [-0.2, -0.15) is 0 Å². The van der Waals surface area contributed by atoms with Crippen molar-refractivity contribution in [2.24, 2.45) is 0 Å². The van der Waals surface area contributed by atoms with Crippen molar-refractivity contribution in [3.8, 4) is 5.75 Å². The number of nitrogens with one attached hydrogen (secondary N) is 3. The molecule has 0 fully saturated rings. The number of hydrogen-bond acceptors (Lipinski definition) is 4. The van der Waals surface area contributed by atoms with Gasteiger partial charge in [0.05, 0.1) is 18.0 Å². The van der Waals surface area contributed by atoms with Crippen LogP contribution in [-0.4, -0.2) is 23.4 Å². The molecule has 0 aliphatic carbocycles. The number of para-hydroxylation sites is 2.